The molecule has 0 radical (unpaired) electrons. The van der Waals surface area contributed by atoms with Crippen LogP contribution in [0.1, 0.15) is 16.7 Å². The lowest BCUT2D eigenvalue weighted by atomic mass is 9.79. The summed E-state index contributed by atoms with van der Waals surface area (Å²) < 4.78 is 30.3. The molecule has 2 aromatic rings. The van der Waals surface area contributed by atoms with Gasteiger partial charge in [-0.1, -0.05) is 18.2 Å². The van der Waals surface area contributed by atoms with Gasteiger partial charge < -0.3 is 9.68 Å². The van der Waals surface area contributed by atoms with Gasteiger partial charge in [-0.3, -0.25) is 10.1 Å². The highest BCUT2D eigenvalue weighted by Crippen LogP contribution is 2.25. The number of nitro groups is 1. The van der Waals surface area contributed by atoms with Crippen molar-refractivity contribution in [3.63, 3.8) is 0 Å². The predicted molar refractivity (Wildman–Crippen MR) is 87.5 cm³/mol. The lowest BCUT2D eigenvalue weighted by molar-refractivity contribution is -0.384. The Bertz CT molecular complexity index is 1020. The number of nitro benzene ring substituents is 1. The van der Waals surface area contributed by atoms with Crippen molar-refractivity contribution in [2.24, 2.45) is 0 Å². The number of sulfone groups is 1. The third kappa shape index (κ3) is 3.25. The summed E-state index contributed by atoms with van der Waals surface area (Å²) in [5.41, 5.74) is 1.08. The van der Waals surface area contributed by atoms with Crippen molar-refractivity contribution in [1.82, 2.24) is 0 Å². The van der Waals surface area contributed by atoms with Gasteiger partial charge in [-0.25, -0.2) is 8.42 Å². The van der Waals surface area contributed by atoms with Gasteiger partial charge >= 0.3 is 7.12 Å². The summed E-state index contributed by atoms with van der Waals surface area (Å²) in [5.74, 6) is -0.403. The van der Waals surface area contributed by atoms with Crippen molar-refractivity contribution in [3.8, 4) is 6.07 Å². The van der Waals surface area contributed by atoms with Gasteiger partial charge in [-0.2, -0.15) is 5.26 Å². The largest absolute Gasteiger partial charge is 0.491 e. The summed E-state index contributed by atoms with van der Waals surface area (Å²) in [6.45, 7) is 0.254. The Morgan fingerprint density at radius 2 is 2.08 bits per heavy atom. The minimum absolute atomic E-state index is 0.254. The van der Waals surface area contributed by atoms with Crippen LogP contribution >= 0.6 is 0 Å². The molecule has 0 amide bonds. The molecular formula is C15H11BN2O6S. The minimum atomic E-state index is -3.90. The Kier molecular flexibility index (Phi) is 4.30. The van der Waals surface area contributed by atoms with Gasteiger partial charge in [0.05, 0.1) is 27.7 Å². The molecule has 0 saturated heterocycles. The van der Waals surface area contributed by atoms with E-state index in [-0.39, 0.29) is 22.8 Å². The number of hydrogen-bond acceptors (Lipinski definition) is 7. The average Bonchev–Trinajstić information content (AvgIpc) is 2.94. The second-order valence-electron chi connectivity index (χ2n) is 5.50. The molecule has 0 aromatic heterocycles. The fourth-order valence-electron chi connectivity index (χ4n) is 2.64. The molecule has 1 heterocycles. The quantitative estimate of drug-likeness (QED) is 0.482. The number of non-ortho nitro benzene ring substituents is 1. The van der Waals surface area contributed by atoms with Crippen molar-refractivity contribution in [2.45, 2.75) is 17.3 Å². The van der Waals surface area contributed by atoms with E-state index in [4.69, 9.17) is 9.92 Å². The molecule has 1 aliphatic heterocycles. The molecule has 1 N–H and O–H groups in total. The second kappa shape index (κ2) is 6.29. The van der Waals surface area contributed by atoms with Crippen LogP contribution in [0.5, 0.6) is 0 Å². The van der Waals surface area contributed by atoms with Gasteiger partial charge in [0.2, 0.25) is 0 Å². The first kappa shape index (κ1) is 17.1. The number of fused-ring (bicyclic) bond motifs is 1. The summed E-state index contributed by atoms with van der Waals surface area (Å²) in [7, 11) is -4.99. The number of benzene rings is 2. The van der Waals surface area contributed by atoms with Crippen molar-refractivity contribution in [2.75, 3.05) is 0 Å². The maximum atomic E-state index is 12.6. The molecule has 126 valence electrons. The molecule has 0 saturated carbocycles. The zero-order valence-electron chi connectivity index (χ0n) is 12.7. The molecule has 0 spiro atoms. The Balaban J connectivity index is 1.97. The Morgan fingerprint density at radius 3 is 2.76 bits per heavy atom. The van der Waals surface area contributed by atoms with Crippen LogP contribution in [0.4, 0.5) is 5.69 Å². The summed E-state index contributed by atoms with van der Waals surface area (Å²) in [6, 6.07) is 9.57. The third-order valence-corrected chi connectivity index (χ3v) is 5.60. The van der Waals surface area contributed by atoms with E-state index in [0.29, 0.717) is 11.0 Å². The minimum Gasteiger partial charge on any atom is -0.423 e. The molecule has 2 aromatic carbocycles. The molecular weight excluding hydrogens is 347 g/mol. The smallest absolute Gasteiger partial charge is 0.423 e. The van der Waals surface area contributed by atoms with E-state index in [1.807, 2.05) is 0 Å². The van der Waals surface area contributed by atoms with Crippen LogP contribution in [0.2, 0.25) is 0 Å². The van der Waals surface area contributed by atoms with Crippen LogP contribution in [-0.2, 0) is 26.9 Å². The summed E-state index contributed by atoms with van der Waals surface area (Å²) in [6.07, 6.45) is 0. The molecule has 25 heavy (non-hydrogen) atoms. The molecule has 0 aliphatic carbocycles. The number of nitriles is 1. The highest BCUT2D eigenvalue weighted by Gasteiger charge is 2.28. The zero-order valence-corrected chi connectivity index (χ0v) is 13.6. The highest BCUT2D eigenvalue weighted by atomic mass is 32.2. The van der Waals surface area contributed by atoms with E-state index >= 15 is 0 Å². The molecule has 0 fully saturated rings. The predicted octanol–water partition coefficient (Wildman–Crippen LogP) is 0.658. The van der Waals surface area contributed by atoms with Crippen molar-refractivity contribution >= 4 is 28.1 Å². The Morgan fingerprint density at radius 1 is 1.32 bits per heavy atom. The zero-order chi connectivity index (χ0) is 18.2. The van der Waals surface area contributed by atoms with Gasteiger partial charge in [-0.15, -0.1) is 0 Å². The van der Waals surface area contributed by atoms with E-state index in [0.717, 1.165) is 23.8 Å². The van der Waals surface area contributed by atoms with Crippen LogP contribution in [-0.4, -0.2) is 25.5 Å². The molecule has 0 atom stereocenters. The first-order valence-corrected chi connectivity index (χ1v) is 8.80. The summed E-state index contributed by atoms with van der Waals surface area (Å²) in [4.78, 5) is 9.81. The van der Waals surface area contributed by atoms with Gasteiger partial charge in [0.25, 0.3) is 5.69 Å². The number of hydrogen-bond donors (Lipinski definition) is 1. The van der Waals surface area contributed by atoms with E-state index in [1.165, 1.54) is 0 Å². The van der Waals surface area contributed by atoms with E-state index in [1.54, 1.807) is 24.3 Å². The maximum Gasteiger partial charge on any atom is 0.491 e. The van der Waals surface area contributed by atoms with Gasteiger partial charge in [0.1, 0.15) is 6.07 Å². The van der Waals surface area contributed by atoms with Crippen molar-refractivity contribution in [1.29, 1.82) is 5.26 Å². The molecule has 3 rings (SSSR count). The first-order valence-electron chi connectivity index (χ1n) is 7.14. The summed E-state index contributed by atoms with van der Waals surface area (Å²) in [5, 5.41) is 29.6. The van der Waals surface area contributed by atoms with Gasteiger partial charge in [0, 0.05) is 12.1 Å². The van der Waals surface area contributed by atoms with Gasteiger partial charge in [-0.05, 0) is 22.7 Å². The summed E-state index contributed by atoms with van der Waals surface area (Å²) >= 11 is 0. The molecule has 8 nitrogen and oxygen atoms in total. The number of rotatable bonds is 4. The molecule has 1 aliphatic rings. The molecule has 10 heteroatoms. The fourth-order valence-corrected chi connectivity index (χ4v) is 4.13. The van der Waals surface area contributed by atoms with Crippen LogP contribution in [0, 0.1) is 21.4 Å². The van der Waals surface area contributed by atoms with Gasteiger partial charge in [0.15, 0.2) is 9.84 Å². The maximum absolute atomic E-state index is 12.6. The SMILES string of the molecule is N#Cc1cc([N+](=O)[O-])ccc1S(=O)(=O)Cc1ccc2c(c1)B(O)OC2. The van der Waals surface area contributed by atoms with Crippen LogP contribution in [0.3, 0.4) is 0 Å². The molecule has 0 bridgehead atoms. The fraction of sp³-hybridized carbons (Fsp3) is 0.133. The van der Waals surface area contributed by atoms with Crippen molar-refractivity contribution in [3.05, 3.63) is 63.2 Å². The lowest BCUT2D eigenvalue weighted by Gasteiger charge is -2.08. The second-order valence-corrected chi connectivity index (χ2v) is 7.46. The van der Waals surface area contributed by atoms with E-state index in [2.05, 4.69) is 0 Å². The Labute approximate surface area is 143 Å². The third-order valence-electron chi connectivity index (χ3n) is 3.86. The highest BCUT2D eigenvalue weighted by molar-refractivity contribution is 7.90. The van der Waals surface area contributed by atoms with Crippen molar-refractivity contribution < 1.29 is 23.0 Å². The van der Waals surface area contributed by atoms with Crippen LogP contribution in [0.25, 0.3) is 0 Å². The van der Waals surface area contributed by atoms with E-state index in [9.17, 15) is 23.6 Å². The monoisotopic (exact) mass is 358 g/mol. The van der Waals surface area contributed by atoms with E-state index < -0.39 is 27.6 Å². The normalized spacial score (nSPS) is 13.4. The topological polar surface area (TPSA) is 131 Å². The molecule has 0 unspecified atom stereocenters. The standard InChI is InChI=1S/C15H11BN2O6S/c17-7-12-6-13(18(20)21)3-4-15(12)25(22,23)9-10-1-2-11-8-24-16(19)14(11)5-10/h1-6,19H,8-9H2. The van der Waals surface area contributed by atoms with Crippen LogP contribution in [0.15, 0.2) is 41.3 Å². The van der Waals surface area contributed by atoms with Crippen LogP contribution < -0.4 is 5.46 Å². The Hall–Kier alpha value is -2.74. The average molecular weight is 358 g/mol. The first-order chi connectivity index (χ1) is 11.8. The lowest BCUT2D eigenvalue weighted by Crippen LogP contribution is -2.28. The number of nitrogens with zero attached hydrogens (tertiary/aromatic N) is 2.